The summed E-state index contributed by atoms with van der Waals surface area (Å²) in [5, 5.41) is 0.871. The molecule has 0 bridgehead atoms. The van der Waals surface area contributed by atoms with E-state index in [0.717, 1.165) is 16.5 Å². The molecule has 2 heterocycles. The number of para-hydroxylation sites is 1. The molecule has 2 aromatic rings. The third-order valence-electron chi connectivity index (χ3n) is 6.05. The summed E-state index contributed by atoms with van der Waals surface area (Å²) < 4.78 is 29.3. The summed E-state index contributed by atoms with van der Waals surface area (Å²) in [5.74, 6) is -0.900. The van der Waals surface area contributed by atoms with Gasteiger partial charge in [0.15, 0.2) is 16.4 Å². The average Bonchev–Trinajstić information content (AvgIpc) is 3.10. The molecule has 1 aromatic heterocycles. The Morgan fingerprint density at radius 2 is 1.97 bits per heavy atom. The minimum atomic E-state index is -3.14. The molecule has 7 nitrogen and oxygen atoms in total. The molecule has 1 aromatic carbocycles. The highest BCUT2D eigenvalue weighted by atomic mass is 32.2. The molecule has 8 heteroatoms. The third-order valence-corrected chi connectivity index (χ3v) is 7.80. The van der Waals surface area contributed by atoms with Gasteiger partial charge in [-0.2, -0.15) is 0 Å². The Morgan fingerprint density at radius 3 is 2.58 bits per heavy atom. The Morgan fingerprint density at radius 1 is 1.26 bits per heavy atom. The molecule has 0 spiro atoms. The van der Waals surface area contributed by atoms with E-state index >= 15 is 0 Å². The van der Waals surface area contributed by atoms with Crippen LogP contribution in [-0.2, 0) is 25.8 Å². The molecule has 1 fully saturated rings. The standard InChI is InChI=1S/C23H30N2O5S/c1-5-15(3)25(17-11-12-31(28,29)14-17)21(26)13-30-23(27)22-16(4)18-9-7-8-10-20(18)24-19(22)6-2/h7-10,15,17H,5-6,11-14H2,1-4H3/t15-,17+/m1/s1. The molecule has 1 aliphatic rings. The van der Waals surface area contributed by atoms with Gasteiger partial charge in [-0.05, 0) is 44.7 Å². The fraction of sp³-hybridized carbons (Fsp3) is 0.522. The van der Waals surface area contributed by atoms with Crippen LogP contribution in [-0.4, -0.2) is 60.4 Å². The van der Waals surface area contributed by atoms with E-state index in [1.807, 2.05) is 52.0 Å². The Hall–Kier alpha value is -2.48. The van der Waals surface area contributed by atoms with Crippen molar-refractivity contribution < 1.29 is 22.7 Å². The summed E-state index contributed by atoms with van der Waals surface area (Å²) in [6.07, 6.45) is 1.66. The van der Waals surface area contributed by atoms with Crippen LogP contribution in [0.15, 0.2) is 24.3 Å². The monoisotopic (exact) mass is 446 g/mol. The highest BCUT2D eigenvalue weighted by Gasteiger charge is 2.37. The zero-order chi connectivity index (χ0) is 22.8. The molecule has 0 N–H and O–H groups in total. The van der Waals surface area contributed by atoms with Crippen molar-refractivity contribution in [3.63, 3.8) is 0 Å². The number of hydrogen-bond acceptors (Lipinski definition) is 6. The number of amides is 1. The van der Waals surface area contributed by atoms with Gasteiger partial charge in [0.2, 0.25) is 0 Å². The van der Waals surface area contributed by atoms with Crippen molar-refractivity contribution in [3.8, 4) is 0 Å². The number of esters is 1. The molecule has 1 aliphatic heterocycles. The Labute approximate surface area is 183 Å². The van der Waals surface area contributed by atoms with Crippen molar-refractivity contribution in [2.24, 2.45) is 0 Å². The van der Waals surface area contributed by atoms with Crippen LogP contribution in [0.1, 0.15) is 55.2 Å². The zero-order valence-electron chi connectivity index (χ0n) is 18.6. The zero-order valence-corrected chi connectivity index (χ0v) is 19.4. The van der Waals surface area contributed by atoms with Crippen LogP contribution in [0.3, 0.4) is 0 Å². The molecule has 1 saturated heterocycles. The van der Waals surface area contributed by atoms with E-state index in [9.17, 15) is 18.0 Å². The van der Waals surface area contributed by atoms with Gasteiger partial charge >= 0.3 is 5.97 Å². The number of fused-ring (bicyclic) bond motifs is 1. The van der Waals surface area contributed by atoms with Gasteiger partial charge in [-0.1, -0.05) is 32.0 Å². The Balaban J connectivity index is 1.80. The topological polar surface area (TPSA) is 93.6 Å². The van der Waals surface area contributed by atoms with Gasteiger partial charge in [-0.3, -0.25) is 9.78 Å². The lowest BCUT2D eigenvalue weighted by atomic mass is 10.0. The summed E-state index contributed by atoms with van der Waals surface area (Å²) >= 11 is 0. The Bertz CT molecular complexity index is 1100. The van der Waals surface area contributed by atoms with E-state index in [4.69, 9.17) is 4.74 Å². The minimum absolute atomic E-state index is 0.0370. The maximum Gasteiger partial charge on any atom is 0.340 e. The van der Waals surface area contributed by atoms with Gasteiger partial charge in [-0.25, -0.2) is 13.2 Å². The smallest absolute Gasteiger partial charge is 0.340 e. The number of rotatable bonds is 7. The second kappa shape index (κ2) is 9.34. The van der Waals surface area contributed by atoms with Crippen LogP contribution in [0.2, 0.25) is 0 Å². The quantitative estimate of drug-likeness (QED) is 0.607. The second-order valence-corrected chi connectivity index (χ2v) is 10.3. The van der Waals surface area contributed by atoms with Crippen molar-refractivity contribution in [2.45, 2.75) is 59.0 Å². The first-order valence-corrected chi connectivity index (χ1v) is 12.6. The van der Waals surface area contributed by atoms with Crippen LogP contribution >= 0.6 is 0 Å². The number of benzene rings is 1. The van der Waals surface area contributed by atoms with Crippen LogP contribution < -0.4 is 0 Å². The Kier molecular flexibility index (Phi) is 6.99. The molecule has 0 unspecified atom stereocenters. The van der Waals surface area contributed by atoms with Crippen molar-refractivity contribution in [2.75, 3.05) is 18.1 Å². The van der Waals surface area contributed by atoms with E-state index in [0.29, 0.717) is 30.5 Å². The van der Waals surface area contributed by atoms with Gasteiger partial charge in [0.25, 0.3) is 5.91 Å². The fourth-order valence-corrected chi connectivity index (χ4v) is 5.95. The van der Waals surface area contributed by atoms with E-state index < -0.39 is 22.4 Å². The summed E-state index contributed by atoms with van der Waals surface area (Å²) in [6, 6.07) is 7.09. The summed E-state index contributed by atoms with van der Waals surface area (Å²) in [6.45, 7) is 7.19. The van der Waals surface area contributed by atoms with E-state index in [-0.39, 0.29) is 29.5 Å². The molecule has 1 amide bonds. The number of sulfone groups is 1. The first kappa shape index (κ1) is 23.2. The van der Waals surface area contributed by atoms with Crippen LogP contribution in [0.25, 0.3) is 10.9 Å². The van der Waals surface area contributed by atoms with Crippen LogP contribution in [0.4, 0.5) is 0 Å². The second-order valence-electron chi connectivity index (χ2n) is 8.12. The van der Waals surface area contributed by atoms with Crippen molar-refractivity contribution in [1.82, 2.24) is 9.88 Å². The summed E-state index contributed by atoms with van der Waals surface area (Å²) in [7, 11) is -3.14. The summed E-state index contributed by atoms with van der Waals surface area (Å²) in [4.78, 5) is 32.1. The number of nitrogens with zero attached hydrogens (tertiary/aromatic N) is 2. The maximum absolute atomic E-state index is 13.0. The minimum Gasteiger partial charge on any atom is -0.452 e. The van der Waals surface area contributed by atoms with Crippen molar-refractivity contribution in [1.29, 1.82) is 0 Å². The van der Waals surface area contributed by atoms with E-state index in [1.54, 1.807) is 4.90 Å². The number of ether oxygens (including phenoxy) is 1. The molecule has 0 radical (unpaired) electrons. The highest BCUT2D eigenvalue weighted by Crippen LogP contribution is 2.25. The molecule has 2 atom stereocenters. The fourth-order valence-electron chi connectivity index (χ4n) is 4.24. The van der Waals surface area contributed by atoms with Crippen molar-refractivity contribution >= 4 is 32.6 Å². The van der Waals surface area contributed by atoms with Gasteiger partial charge in [0.05, 0.1) is 28.3 Å². The first-order valence-electron chi connectivity index (χ1n) is 10.7. The number of carbonyl (C=O) groups excluding carboxylic acids is 2. The normalized spacial score (nSPS) is 18.6. The van der Waals surface area contributed by atoms with Gasteiger partial charge in [-0.15, -0.1) is 0 Å². The number of aryl methyl sites for hydroxylation is 2. The summed E-state index contributed by atoms with van der Waals surface area (Å²) in [5.41, 5.74) is 2.62. The van der Waals surface area contributed by atoms with E-state index in [2.05, 4.69) is 4.98 Å². The average molecular weight is 447 g/mol. The SMILES string of the molecule is CCc1nc2ccccc2c(C)c1C(=O)OCC(=O)N([C@H]1CCS(=O)(=O)C1)[C@H](C)CC. The number of carbonyl (C=O) groups is 2. The molecule has 0 aliphatic carbocycles. The van der Waals surface area contributed by atoms with E-state index in [1.165, 1.54) is 0 Å². The predicted octanol–water partition coefficient (Wildman–Crippen LogP) is 3.08. The molecule has 3 rings (SSSR count). The van der Waals surface area contributed by atoms with Gasteiger partial charge in [0, 0.05) is 17.5 Å². The predicted molar refractivity (Wildman–Crippen MR) is 120 cm³/mol. The first-order chi connectivity index (χ1) is 14.7. The molecular weight excluding hydrogens is 416 g/mol. The maximum atomic E-state index is 13.0. The lowest BCUT2D eigenvalue weighted by Gasteiger charge is -2.33. The van der Waals surface area contributed by atoms with Gasteiger partial charge in [0.1, 0.15) is 0 Å². The lowest BCUT2D eigenvalue weighted by molar-refractivity contribution is -0.138. The number of hydrogen-bond donors (Lipinski definition) is 0. The molecule has 168 valence electrons. The van der Waals surface area contributed by atoms with Gasteiger partial charge < -0.3 is 9.64 Å². The third kappa shape index (κ3) is 4.89. The molecular formula is C23H30N2O5S. The number of aromatic nitrogens is 1. The lowest BCUT2D eigenvalue weighted by Crippen LogP contribution is -2.48. The van der Waals surface area contributed by atoms with Crippen LogP contribution in [0, 0.1) is 6.92 Å². The highest BCUT2D eigenvalue weighted by molar-refractivity contribution is 7.91. The number of pyridine rings is 1. The van der Waals surface area contributed by atoms with Crippen molar-refractivity contribution in [3.05, 3.63) is 41.1 Å². The largest absolute Gasteiger partial charge is 0.452 e. The molecule has 31 heavy (non-hydrogen) atoms. The molecule has 0 saturated carbocycles. The van der Waals surface area contributed by atoms with Crippen LogP contribution in [0.5, 0.6) is 0 Å².